The van der Waals surface area contributed by atoms with Crippen LogP contribution in [0.4, 0.5) is 17.6 Å². The highest BCUT2D eigenvalue weighted by atomic mass is 35.5. The van der Waals surface area contributed by atoms with Gasteiger partial charge in [-0.3, -0.25) is 20.5 Å². The summed E-state index contributed by atoms with van der Waals surface area (Å²) in [5, 5.41) is 5.68. The Morgan fingerprint density at radius 1 is 0.917 bits per heavy atom. The van der Waals surface area contributed by atoms with E-state index in [1.54, 1.807) is 0 Å². The zero-order valence-corrected chi connectivity index (χ0v) is 21.6. The highest BCUT2D eigenvalue weighted by molar-refractivity contribution is 6.20. The van der Waals surface area contributed by atoms with Gasteiger partial charge in [0, 0.05) is 23.9 Å². The summed E-state index contributed by atoms with van der Waals surface area (Å²) in [7, 11) is 0. The van der Waals surface area contributed by atoms with Crippen molar-refractivity contribution in [1.82, 2.24) is 21.5 Å². The van der Waals surface area contributed by atoms with Crippen molar-refractivity contribution in [2.75, 3.05) is 6.54 Å². The number of carbonyl (C=O) groups is 1. The summed E-state index contributed by atoms with van der Waals surface area (Å²) in [6.07, 6.45) is -0.617. The van der Waals surface area contributed by atoms with Crippen LogP contribution in [0.5, 0.6) is 0 Å². The number of guanidine groups is 1. The van der Waals surface area contributed by atoms with Crippen LogP contribution in [0.15, 0.2) is 4.99 Å². The molecule has 4 rings (SSSR count). The quantitative estimate of drug-likeness (QED) is 0.183. The second kappa shape index (κ2) is 12.6. The maximum absolute atomic E-state index is 14.3. The molecule has 1 saturated heterocycles. The zero-order valence-electron chi connectivity index (χ0n) is 20.9. The number of hydrazine groups is 1. The van der Waals surface area contributed by atoms with Gasteiger partial charge in [-0.2, -0.15) is 0 Å². The molecule has 1 heterocycles. The topological polar surface area (TPSA) is 77.5 Å². The van der Waals surface area contributed by atoms with Gasteiger partial charge in [0.2, 0.25) is 5.91 Å². The minimum Gasteiger partial charge on any atom is -0.339 e. The largest absolute Gasteiger partial charge is 0.339 e. The molecule has 0 bridgehead atoms. The number of nitrogens with one attached hydrogen (secondary N) is 4. The first kappa shape index (κ1) is 27.9. The van der Waals surface area contributed by atoms with E-state index in [9.17, 15) is 22.4 Å². The van der Waals surface area contributed by atoms with E-state index in [2.05, 4.69) is 26.5 Å². The minimum atomic E-state index is -1.64. The first-order valence-corrected chi connectivity index (χ1v) is 14.0. The molecule has 4 aliphatic rings. The van der Waals surface area contributed by atoms with Crippen LogP contribution in [0.25, 0.3) is 0 Å². The van der Waals surface area contributed by atoms with Gasteiger partial charge in [0.05, 0.1) is 6.17 Å². The van der Waals surface area contributed by atoms with Crippen LogP contribution in [0.1, 0.15) is 71.1 Å². The zero-order chi connectivity index (χ0) is 25.8. The first-order chi connectivity index (χ1) is 17.2. The summed E-state index contributed by atoms with van der Waals surface area (Å²) in [4.78, 5) is 17.5. The number of hydrogen-bond acceptors (Lipinski definition) is 4. The lowest BCUT2D eigenvalue weighted by Crippen LogP contribution is -2.52. The van der Waals surface area contributed by atoms with Gasteiger partial charge in [-0.05, 0) is 82.0 Å². The second-order valence-corrected chi connectivity index (χ2v) is 11.9. The van der Waals surface area contributed by atoms with E-state index in [-0.39, 0.29) is 67.0 Å². The van der Waals surface area contributed by atoms with Gasteiger partial charge in [0.15, 0.2) is 5.96 Å². The van der Waals surface area contributed by atoms with Gasteiger partial charge in [-0.1, -0.05) is 6.92 Å². The molecule has 0 aromatic heterocycles. The molecule has 6 nitrogen and oxygen atoms in total. The third-order valence-electron chi connectivity index (χ3n) is 8.58. The van der Waals surface area contributed by atoms with Crippen LogP contribution >= 0.6 is 11.6 Å². The van der Waals surface area contributed by atoms with Gasteiger partial charge in [-0.15, -0.1) is 11.6 Å². The molecule has 11 heteroatoms. The number of nitrogens with zero attached hydrogens (tertiary/aromatic N) is 1. The van der Waals surface area contributed by atoms with Crippen LogP contribution in [0.2, 0.25) is 0 Å². The predicted molar refractivity (Wildman–Crippen MR) is 132 cm³/mol. The van der Waals surface area contributed by atoms with Crippen LogP contribution in [-0.2, 0) is 4.79 Å². The van der Waals surface area contributed by atoms with E-state index in [1.165, 1.54) is 0 Å². The number of carbonyl (C=O) groups excluding carboxylic acids is 1. The molecule has 4 N–H and O–H groups in total. The van der Waals surface area contributed by atoms with Crippen LogP contribution in [0, 0.1) is 23.7 Å². The van der Waals surface area contributed by atoms with Crippen molar-refractivity contribution < 1.29 is 22.4 Å². The van der Waals surface area contributed by atoms with Crippen molar-refractivity contribution in [2.24, 2.45) is 28.7 Å². The lowest BCUT2D eigenvalue weighted by atomic mass is 9.77. The normalized spacial score (nSPS) is 44.3. The van der Waals surface area contributed by atoms with Crippen molar-refractivity contribution in [1.29, 1.82) is 0 Å². The summed E-state index contributed by atoms with van der Waals surface area (Å²) >= 11 is 6.37. The molecule has 0 aromatic carbocycles. The Morgan fingerprint density at radius 2 is 1.72 bits per heavy atom. The van der Waals surface area contributed by atoms with Crippen molar-refractivity contribution in [2.45, 2.75) is 113 Å². The smallest absolute Gasteiger partial charge is 0.229 e. The van der Waals surface area contributed by atoms with Gasteiger partial charge in [0.25, 0.3) is 0 Å². The number of aliphatic imine (C=N–C) groups is 1. The van der Waals surface area contributed by atoms with Crippen LogP contribution in [0.3, 0.4) is 0 Å². The Balaban J connectivity index is 1.37. The van der Waals surface area contributed by atoms with Crippen LogP contribution in [-0.4, -0.2) is 60.7 Å². The molecule has 4 fully saturated rings. The lowest BCUT2D eigenvalue weighted by Gasteiger charge is -2.32. The van der Waals surface area contributed by atoms with E-state index in [0.717, 1.165) is 12.8 Å². The molecule has 1 amide bonds. The molecule has 0 radical (unpaired) electrons. The van der Waals surface area contributed by atoms with Gasteiger partial charge in [-0.25, -0.2) is 23.0 Å². The average molecular weight is 538 g/mol. The van der Waals surface area contributed by atoms with Crippen molar-refractivity contribution in [3.8, 4) is 0 Å². The average Bonchev–Trinajstić information content (AvgIpc) is 3.30. The van der Waals surface area contributed by atoms with E-state index >= 15 is 0 Å². The van der Waals surface area contributed by atoms with Crippen LogP contribution < -0.4 is 21.5 Å². The number of halogens is 5. The van der Waals surface area contributed by atoms with E-state index in [4.69, 9.17) is 11.6 Å². The molecule has 206 valence electrons. The predicted octanol–water partition coefficient (Wildman–Crippen LogP) is 4.24. The van der Waals surface area contributed by atoms with Crippen molar-refractivity contribution in [3.63, 3.8) is 0 Å². The molecule has 3 saturated carbocycles. The summed E-state index contributed by atoms with van der Waals surface area (Å²) in [5.41, 5.74) is 6.44. The third-order valence-corrected chi connectivity index (χ3v) is 9.12. The maximum Gasteiger partial charge on any atom is 0.229 e. The Morgan fingerprint density at radius 3 is 2.44 bits per heavy atom. The fourth-order valence-corrected chi connectivity index (χ4v) is 6.41. The molecule has 11 atom stereocenters. The number of alkyl halides is 5. The second-order valence-electron chi connectivity index (χ2n) is 11.3. The number of rotatable bonds is 5. The molecule has 3 aliphatic carbocycles. The van der Waals surface area contributed by atoms with Crippen molar-refractivity contribution in [3.05, 3.63) is 0 Å². The molecule has 0 spiro atoms. The fourth-order valence-electron chi connectivity index (χ4n) is 6.01. The summed E-state index contributed by atoms with van der Waals surface area (Å²) in [6, 6.07) is 0.0874. The van der Waals surface area contributed by atoms with Crippen molar-refractivity contribution >= 4 is 23.5 Å². The number of amides is 1. The maximum atomic E-state index is 14.3. The Hall–Kier alpha value is -1.13. The highest BCUT2D eigenvalue weighted by Gasteiger charge is 2.38. The van der Waals surface area contributed by atoms with Gasteiger partial charge >= 0.3 is 0 Å². The van der Waals surface area contributed by atoms with E-state index in [1.807, 2.05) is 6.92 Å². The number of hydrogen-bond donors (Lipinski definition) is 4. The highest BCUT2D eigenvalue weighted by Crippen LogP contribution is 2.35. The standard InChI is InChI=1S/C25H40ClF4N5O/c1-13-2-3-14(8-20(13)29)22-11-23(35-34-22)32-25(31-12-16-4-6-17(27)10-18(16)26)33-24(36)15-5-7-19(28)21(30)9-15/h13-23,34-35H,2-12H2,1H3,(H2,31,32,33,36). The molecule has 36 heavy (non-hydrogen) atoms. The Kier molecular flexibility index (Phi) is 9.77. The van der Waals surface area contributed by atoms with Gasteiger partial charge < -0.3 is 5.32 Å². The SMILES string of the molecule is CC1CCC(C2CC(NC(=NCC3CCC(F)CC3Cl)NC(=O)C3CCC(F)C(F)C3)NN2)CC1F. The Labute approximate surface area is 216 Å². The fraction of sp³-hybridized carbons (Fsp3) is 0.920. The summed E-state index contributed by atoms with van der Waals surface area (Å²) in [6.45, 7) is 2.27. The van der Waals surface area contributed by atoms with E-state index < -0.39 is 36.5 Å². The molecule has 1 aliphatic heterocycles. The minimum absolute atomic E-state index is 0.0160. The van der Waals surface area contributed by atoms with E-state index in [0.29, 0.717) is 32.2 Å². The monoisotopic (exact) mass is 537 g/mol. The third kappa shape index (κ3) is 7.25. The molecular formula is C25H40ClF4N5O. The Bertz CT molecular complexity index is 779. The summed E-state index contributed by atoms with van der Waals surface area (Å²) < 4.78 is 55.4. The molecule has 11 unspecified atom stereocenters. The molecular weight excluding hydrogens is 498 g/mol. The lowest BCUT2D eigenvalue weighted by molar-refractivity contribution is -0.125. The van der Waals surface area contributed by atoms with Gasteiger partial charge in [0.1, 0.15) is 24.7 Å². The first-order valence-electron chi connectivity index (χ1n) is 13.5. The molecule has 0 aromatic rings. The summed E-state index contributed by atoms with van der Waals surface area (Å²) in [5.74, 6) is -0.490.